The summed E-state index contributed by atoms with van der Waals surface area (Å²) in [4.78, 5) is 21.2. The minimum atomic E-state index is -0.842. The lowest BCUT2D eigenvalue weighted by atomic mass is 10.4. The summed E-state index contributed by atoms with van der Waals surface area (Å²) in [5.41, 5.74) is 5.90. The van der Waals surface area contributed by atoms with Crippen molar-refractivity contribution in [3.8, 4) is 5.88 Å². The standard InChI is InChI=1S/C13H11N3O2S2/c1-7-15-9-10(20-8-5-3-2-4-6-8)11(18-13(14)17)16-12(9)19-7/h2-6,16H,1H3,(H2,14,17). The molecule has 2 aromatic heterocycles. The van der Waals surface area contributed by atoms with Crippen LogP contribution in [0, 0.1) is 6.92 Å². The molecular weight excluding hydrogens is 294 g/mol. The van der Waals surface area contributed by atoms with E-state index in [1.165, 1.54) is 23.1 Å². The smallest absolute Gasteiger partial charge is 0.392 e. The summed E-state index contributed by atoms with van der Waals surface area (Å²) >= 11 is 3.00. The van der Waals surface area contributed by atoms with Gasteiger partial charge < -0.3 is 15.5 Å². The zero-order valence-electron chi connectivity index (χ0n) is 10.5. The Labute approximate surface area is 123 Å². The Morgan fingerprint density at radius 1 is 1.40 bits per heavy atom. The van der Waals surface area contributed by atoms with Gasteiger partial charge in [-0.1, -0.05) is 30.0 Å². The van der Waals surface area contributed by atoms with E-state index in [9.17, 15) is 4.79 Å². The van der Waals surface area contributed by atoms with Crippen LogP contribution in [0.25, 0.3) is 10.3 Å². The maximum atomic E-state index is 11.0. The number of carbonyl (C=O) groups excluding carboxylic acids is 1. The van der Waals surface area contributed by atoms with Crippen molar-refractivity contribution in [2.24, 2.45) is 5.73 Å². The van der Waals surface area contributed by atoms with Gasteiger partial charge in [-0.3, -0.25) is 0 Å². The van der Waals surface area contributed by atoms with Crippen molar-refractivity contribution in [2.75, 3.05) is 0 Å². The van der Waals surface area contributed by atoms with Crippen molar-refractivity contribution in [2.45, 2.75) is 16.7 Å². The summed E-state index contributed by atoms with van der Waals surface area (Å²) in [6, 6.07) is 9.82. The maximum Gasteiger partial charge on any atom is 0.411 e. The molecule has 0 unspecified atom stereocenters. The fraction of sp³-hybridized carbons (Fsp3) is 0.0769. The van der Waals surface area contributed by atoms with Gasteiger partial charge in [0.05, 0.1) is 5.01 Å². The van der Waals surface area contributed by atoms with Crippen molar-refractivity contribution < 1.29 is 9.53 Å². The zero-order chi connectivity index (χ0) is 14.1. The van der Waals surface area contributed by atoms with Crippen molar-refractivity contribution in [1.29, 1.82) is 0 Å². The van der Waals surface area contributed by atoms with Gasteiger partial charge >= 0.3 is 6.09 Å². The van der Waals surface area contributed by atoms with Gasteiger partial charge in [0.2, 0.25) is 5.88 Å². The number of carbonyl (C=O) groups is 1. The number of benzene rings is 1. The molecule has 3 N–H and O–H groups in total. The molecule has 0 atom stereocenters. The second kappa shape index (κ2) is 5.18. The number of aromatic nitrogens is 2. The SMILES string of the molecule is Cc1nc2c(Sc3ccccc3)c(OC(N)=O)[nH]c2s1. The van der Waals surface area contributed by atoms with Crippen molar-refractivity contribution in [3.63, 3.8) is 0 Å². The minimum Gasteiger partial charge on any atom is -0.392 e. The molecular formula is C13H11N3O2S2. The van der Waals surface area contributed by atoms with Crippen LogP contribution in [-0.2, 0) is 0 Å². The summed E-state index contributed by atoms with van der Waals surface area (Å²) in [5, 5.41) is 0.951. The van der Waals surface area contributed by atoms with Crippen molar-refractivity contribution in [3.05, 3.63) is 35.3 Å². The number of ether oxygens (including phenoxy) is 1. The number of amides is 1. The normalized spacial score (nSPS) is 10.8. The molecule has 102 valence electrons. The first-order valence-electron chi connectivity index (χ1n) is 5.83. The molecule has 5 nitrogen and oxygen atoms in total. The van der Waals surface area contributed by atoms with E-state index in [2.05, 4.69) is 9.97 Å². The Balaban J connectivity index is 2.07. The third-order valence-corrected chi connectivity index (χ3v) is 4.53. The number of nitrogens with two attached hydrogens (primary N) is 1. The lowest BCUT2D eigenvalue weighted by Gasteiger charge is -2.03. The number of fused-ring (bicyclic) bond motifs is 1. The van der Waals surface area contributed by atoms with E-state index < -0.39 is 6.09 Å². The van der Waals surface area contributed by atoms with Crippen molar-refractivity contribution in [1.82, 2.24) is 9.97 Å². The van der Waals surface area contributed by atoms with Gasteiger partial charge in [-0.05, 0) is 19.1 Å². The molecule has 0 spiro atoms. The summed E-state index contributed by atoms with van der Waals surface area (Å²) in [6.45, 7) is 1.93. The summed E-state index contributed by atoms with van der Waals surface area (Å²) in [7, 11) is 0. The molecule has 0 saturated heterocycles. The van der Waals surface area contributed by atoms with Crippen LogP contribution in [0.5, 0.6) is 5.88 Å². The molecule has 0 saturated carbocycles. The second-order valence-corrected chi connectivity index (χ2v) is 6.32. The van der Waals surface area contributed by atoms with Crippen LogP contribution in [0.1, 0.15) is 5.01 Å². The lowest BCUT2D eigenvalue weighted by Crippen LogP contribution is -2.16. The second-order valence-electron chi connectivity index (χ2n) is 4.03. The Hall–Kier alpha value is -1.99. The van der Waals surface area contributed by atoms with Crippen LogP contribution in [0.4, 0.5) is 4.79 Å². The van der Waals surface area contributed by atoms with Crippen LogP contribution in [0.3, 0.4) is 0 Å². The topological polar surface area (TPSA) is 81.0 Å². The number of H-pyrrole nitrogens is 1. The van der Waals surface area contributed by atoms with Gasteiger partial charge in [-0.2, -0.15) is 0 Å². The number of nitrogens with zero attached hydrogens (tertiary/aromatic N) is 1. The molecule has 1 amide bonds. The fourth-order valence-electron chi connectivity index (χ4n) is 1.81. The van der Waals surface area contributed by atoms with Gasteiger partial charge in [-0.15, -0.1) is 11.3 Å². The molecule has 0 aliphatic rings. The lowest BCUT2D eigenvalue weighted by molar-refractivity contribution is 0.208. The number of rotatable bonds is 3. The molecule has 1 aromatic carbocycles. The highest BCUT2D eigenvalue weighted by atomic mass is 32.2. The van der Waals surface area contributed by atoms with Crippen LogP contribution in [0.2, 0.25) is 0 Å². The van der Waals surface area contributed by atoms with Crippen LogP contribution < -0.4 is 10.5 Å². The highest BCUT2D eigenvalue weighted by Gasteiger charge is 2.19. The molecule has 20 heavy (non-hydrogen) atoms. The average molecular weight is 305 g/mol. The molecule has 7 heteroatoms. The first-order valence-corrected chi connectivity index (χ1v) is 7.46. The third kappa shape index (κ3) is 2.50. The molecule has 0 radical (unpaired) electrons. The van der Waals surface area contributed by atoms with Crippen LogP contribution >= 0.6 is 23.1 Å². The predicted octanol–water partition coefficient (Wildman–Crippen LogP) is 3.54. The van der Waals surface area contributed by atoms with E-state index in [-0.39, 0.29) is 0 Å². The molecule has 0 aliphatic carbocycles. The van der Waals surface area contributed by atoms with Gasteiger partial charge in [0.1, 0.15) is 15.2 Å². The molecule has 0 bridgehead atoms. The first-order chi connectivity index (χ1) is 9.63. The Kier molecular flexibility index (Phi) is 3.37. The first kappa shape index (κ1) is 13.0. The van der Waals surface area contributed by atoms with Gasteiger partial charge in [0.15, 0.2) is 0 Å². The van der Waals surface area contributed by atoms with Gasteiger partial charge in [0.25, 0.3) is 0 Å². The number of primary amides is 1. The summed E-state index contributed by atoms with van der Waals surface area (Å²) < 4.78 is 5.03. The zero-order valence-corrected chi connectivity index (χ0v) is 12.2. The minimum absolute atomic E-state index is 0.347. The Bertz CT molecular complexity index is 765. The van der Waals surface area contributed by atoms with E-state index in [0.29, 0.717) is 5.88 Å². The fourth-order valence-corrected chi connectivity index (χ4v) is 3.65. The van der Waals surface area contributed by atoms with Crippen molar-refractivity contribution >= 4 is 39.5 Å². The summed E-state index contributed by atoms with van der Waals surface area (Å²) in [5.74, 6) is 0.347. The molecule has 3 aromatic rings. The number of hydrogen-bond acceptors (Lipinski definition) is 5. The predicted molar refractivity (Wildman–Crippen MR) is 79.5 cm³/mol. The number of aromatic amines is 1. The summed E-state index contributed by atoms with van der Waals surface area (Å²) in [6.07, 6.45) is -0.842. The Morgan fingerprint density at radius 2 is 2.15 bits per heavy atom. The van der Waals surface area contributed by atoms with E-state index in [1.54, 1.807) is 0 Å². The van der Waals surface area contributed by atoms with Gasteiger partial charge in [-0.25, -0.2) is 9.78 Å². The van der Waals surface area contributed by atoms with E-state index in [1.807, 2.05) is 37.3 Å². The number of thiazole rings is 1. The van der Waals surface area contributed by atoms with E-state index >= 15 is 0 Å². The maximum absolute atomic E-state index is 11.0. The number of hydrogen-bond donors (Lipinski definition) is 2. The van der Waals surface area contributed by atoms with E-state index in [4.69, 9.17) is 10.5 Å². The average Bonchev–Trinajstić information content (AvgIpc) is 2.89. The largest absolute Gasteiger partial charge is 0.411 e. The third-order valence-electron chi connectivity index (χ3n) is 2.55. The van der Waals surface area contributed by atoms with Crippen LogP contribution in [0.15, 0.2) is 40.1 Å². The van der Waals surface area contributed by atoms with Crippen LogP contribution in [-0.4, -0.2) is 16.1 Å². The van der Waals surface area contributed by atoms with Gasteiger partial charge in [0, 0.05) is 4.90 Å². The molecule has 3 rings (SSSR count). The van der Waals surface area contributed by atoms with E-state index in [0.717, 1.165) is 25.1 Å². The monoisotopic (exact) mass is 305 g/mol. The molecule has 0 fully saturated rings. The number of nitrogens with one attached hydrogen (secondary N) is 1. The Morgan fingerprint density at radius 3 is 2.85 bits per heavy atom. The molecule has 0 aliphatic heterocycles. The molecule has 2 heterocycles. The quantitative estimate of drug-likeness (QED) is 0.775. The highest BCUT2D eigenvalue weighted by molar-refractivity contribution is 7.99. The highest BCUT2D eigenvalue weighted by Crippen LogP contribution is 2.41. The number of aryl methyl sites for hydroxylation is 1.